The van der Waals surface area contributed by atoms with Crippen molar-refractivity contribution in [2.24, 2.45) is 0 Å². The molecule has 0 unspecified atom stereocenters. The molecule has 12 heteroatoms. The number of sulfonamides is 1. The summed E-state index contributed by atoms with van der Waals surface area (Å²) in [6.07, 6.45) is 4.77. The van der Waals surface area contributed by atoms with Crippen LogP contribution in [-0.2, 0) is 10.0 Å². The third kappa shape index (κ3) is 4.63. The van der Waals surface area contributed by atoms with Crippen LogP contribution in [0.3, 0.4) is 0 Å². The number of nitrogens with zero attached hydrogens (tertiary/aromatic N) is 4. The lowest BCUT2D eigenvalue weighted by molar-refractivity contribution is 0.102. The number of carbonyl (C=O) groups excluding carboxylic acids is 1. The molecule has 10 nitrogen and oxygen atoms in total. The smallest absolute Gasteiger partial charge is 0.267 e. The van der Waals surface area contributed by atoms with Crippen LogP contribution in [0, 0.1) is 6.92 Å². The number of methoxy groups -OCH3 is 1. The van der Waals surface area contributed by atoms with Crippen LogP contribution in [0.4, 0.5) is 11.6 Å². The average Bonchev–Trinajstić information content (AvgIpc) is 3.44. The third-order valence-electron chi connectivity index (χ3n) is 5.36. The first-order valence-electron chi connectivity index (χ1n) is 10.7. The Morgan fingerprint density at radius 1 is 1.03 bits per heavy atom. The molecule has 2 N–H and O–H groups in total. The zero-order valence-corrected chi connectivity index (χ0v) is 20.8. The molecule has 0 saturated carbocycles. The van der Waals surface area contributed by atoms with Gasteiger partial charge in [-0.15, -0.1) is 0 Å². The van der Waals surface area contributed by atoms with Crippen LogP contribution in [0.1, 0.15) is 15.4 Å². The van der Waals surface area contributed by atoms with Gasteiger partial charge in [0.05, 0.1) is 17.7 Å². The van der Waals surface area contributed by atoms with Crippen LogP contribution in [0.5, 0.6) is 5.75 Å². The van der Waals surface area contributed by atoms with E-state index in [9.17, 15) is 13.2 Å². The molecule has 3 aromatic heterocycles. The van der Waals surface area contributed by atoms with Crippen molar-refractivity contribution in [2.45, 2.75) is 11.8 Å². The summed E-state index contributed by atoms with van der Waals surface area (Å²) in [5.74, 6) is 0.436. The van der Waals surface area contributed by atoms with Crippen LogP contribution in [-0.4, -0.2) is 40.8 Å². The monoisotopic (exact) mass is 520 g/mol. The van der Waals surface area contributed by atoms with Gasteiger partial charge >= 0.3 is 0 Å². The van der Waals surface area contributed by atoms with Crippen LogP contribution in [0.2, 0.25) is 0 Å². The van der Waals surface area contributed by atoms with E-state index in [2.05, 4.69) is 25.0 Å². The van der Waals surface area contributed by atoms with E-state index in [4.69, 9.17) is 4.74 Å². The highest BCUT2D eigenvalue weighted by Gasteiger charge is 2.19. The maximum Gasteiger partial charge on any atom is 0.267 e. The molecule has 0 fully saturated rings. The minimum Gasteiger partial charge on any atom is -0.497 e. The minimum absolute atomic E-state index is 0.0183. The highest BCUT2D eigenvalue weighted by atomic mass is 32.2. The fraction of sp³-hybridized carbons (Fsp3) is 0.0833. The Morgan fingerprint density at radius 2 is 1.72 bits per heavy atom. The average molecular weight is 521 g/mol. The van der Waals surface area contributed by atoms with Crippen molar-refractivity contribution in [3.8, 4) is 17.0 Å². The van der Waals surface area contributed by atoms with Crippen LogP contribution < -0.4 is 14.8 Å². The van der Waals surface area contributed by atoms with Crippen molar-refractivity contribution >= 4 is 43.9 Å². The van der Waals surface area contributed by atoms with E-state index < -0.39 is 10.0 Å². The van der Waals surface area contributed by atoms with Gasteiger partial charge in [-0.3, -0.25) is 9.20 Å². The summed E-state index contributed by atoms with van der Waals surface area (Å²) in [6.45, 7) is 1.85. The second-order valence-electron chi connectivity index (χ2n) is 7.68. The maximum atomic E-state index is 12.9. The predicted molar refractivity (Wildman–Crippen MR) is 137 cm³/mol. The van der Waals surface area contributed by atoms with Gasteiger partial charge in [0.15, 0.2) is 4.96 Å². The lowest BCUT2D eigenvalue weighted by Crippen LogP contribution is -2.15. The van der Waals surface area contributed by atoms with E-state index in [1.807, 2.05) is 41.8 Å². The molecular formula is C24H20N6O4S2. The van der Waals surface area contributed by atoms with Crippen molar-refractivity contribution in [3.63, 3.8) is 0 Å². The zero-order chi connectivity index (χ0) is 25.3. The number of benzene rings is 2. The number of fused-ring (bicyclic) bond motifs is 1. The number of rotatable bonds is 7. The van der Waals surface area contributed by atoms with Gasteiger partial charge in [0.1, 0.15) is 10.6 Å². The fourth-order valence-corrected chi connectivity index (χ4v) is 5.46. The summed E-state index contributed by atoms with van der Waals surface area (Å²) < 4.78 is 34.5. The molecule has 5 aromatic rings. The third-order valence-corrected chi connectivity index (χ3v) is 7.86. The number of ether oxygens (including phenoxy) is 1. The highest BCUT2D eigenvalue weighted by Crippen LogP contribution is 2.29. The second kappa shape index (κ2) is 9.40. The van der Waals surface area contributed by atoms with Gasteiger partial charge in [0, 0.05) is 35.5 Å². The van der Waals surface area contributed by atoms with E-state index in [0.29, 0.717) is 15.5 Å². The lowest BCUT2D eigenvalue weighted by atomic mass is 10.2. The summed E-state index contributed by atoms with van der Waals surface area (Å²) in [7, 11) is -2.24. The Balaban J connectivity index is 1.31. The molecule has 0 atom stereocenters. The first kappa shape index (κ1) is 23.5. The molecule has 2 aromatic carbocycles. The summed E-state index contributed by atoms with van der Waals surface area (Å²) in [6, 6.07) is 15.0. The Morgan fingerprint density at radius 3 is 2.36 bits per heavy atom. The first-order chi connectivity index (χ1) is 17.3. The molecule has 0 saturated heterocycles. The van der Waals surface area contributed by atoms with Gasteiger partial charge in [-0.05, 0) is 61.5 Å². The van der Waals surface area contributed by atoms with Gasteiger partial charge < -0.3 is 10.1 Å². The number of thiazole rings is 1. The number of carbonyl (C=O) groups is 1. The SMILES string of the molecule is COc1ccc(-c2cn3c(C)c(C(=O)Nc4ccc(S(=O)(=O)Nc5ncccn5)cc4)sc3n2)cc1. The van der Waals surface area contributed by atoms with E-state index in [1.54, 1.807) is 13.2 Å². The standard InChI is InChI=1S/C24H20N6O4S2/c1-15-21(35-24-28-20(14-30(15)24)16-4-8-18(34-2)9-5-16)22(31)27-17-6-10-19(11-7-17)36(32,33)29-23-25-12-3-13-26-23/h3-14H,1-2H3,(H,27,31)(H,25,26,29). The van der Waals surface area contributed by atoms with Crippen molar-refractivity contribution in [3.05, 3.63) is 83.8 Å². The fourth-order valence-electron chi connectivity index (χ4n) is 3.50. The molecule has 0 aliphatic carbocycles. The quantitative estimate of drug-likeness (QED) is 0.329. The Bertz CT molecular complexity index is 1650. The Labute approximate surface area is 210 Å². The normalized spacial score (nSPS) is 11.4. The second-order valence-corrected chi connectivity index (χ2v) is 10.3. The number of aryl methyl sites for hydroxylation is 1. The summed E-state index contributed by atoms with van der Waals surface area (Å²) in [5.41, 5.74) is 2.95. The highest BCUT2D eigenvalue weighted by molar-refractivity contribution is 7.92. The Kier molecular flexibility index (Phi) is 6.12. The van der Waals surface area contributed by atoms with Crippen LogP contribution in [0.25, 0.3) is 16.2 Å². The van der Waals surface area contributed by atoms with Gasteiger partial charge in [-0.2, -0.15) is 0 Å². The Hall–Kier alpha value is -4.29. The number of amides is 1. The molecule has 0 radical (unpaired) electrons. The molecule has 1 amide bonds. The molecule has 3 heterocycles. The number of imidazole rings is 1. The maximum absolute atomic E-state index is 12.9. The van der Waals surface area contributed by atoms with Gasteiger partial charge in [0.25, 0.3) is 15.9 Å². The number of hydrogen-bond donors (Lipinski definition) is 2. The van der Waals surface area contributed by atoms with Crippen molar-refractivity contribution in [1.82, 2.24) is 19.4 Å². The molecule has 0 aliphatic heterocycles. The minimum atomic E-state index is -3.86. The molecule has 0 bridgehead atoms. The van der Waals surface area contributed by atoms with Gasteiger partial charge in [-0.25, -0.2) is 28.1 Å². The van der Waals surface area contributed by atoms with Crippen LogP contribution >= 0.6 is 11.3 Å². The van der Waals surface area contributed by atoms with E-state index in [0.717, 1.165) is 22.7 Å². The number of hydrogen-bond acceptors (Lipinski definition) is 8. The molecule has 36 heavy (non-hydrogen) atoms. The van der Waals surface area contributed by atoms with Crippen LogP contribution in [0.15, 0.2) is 78.1 Å². The summed E-state index contributed by atoms with van der Waals surface area (Å²) >= 11 is 1.28. The molecule has 0 aliphatic rings. The van der Waals surface area contributed by atoms with E-state index >= 15 is 0 Å². The zero-order valence-electron chi connectivity index (χ0n) is 19.2. The predicted octanol–water partition coefficient (Wildman–Crippen LogP) is 4.22. The first-order valence-corrected chi connectivity index (χ1v) is 13.0. The van der Waals surface area contributed by atoms with Crippen molar-refractivity contribution in [2.75, 3.05) is 17.1 Å². The summed E-state index contributed by atoms with van der Waals surface area (Å²) in [5, 5.41) is 2.81. The molecule has 182 valence electrons. The van der Waals surface area contributed by atoms with E-state index in [1.165, 1.54) is 48.0 Å². The number of nitrogens with one attached hydrogen (secondary N) is 2. The van der Waals surface area contributed by atoms with E-state index in [-0.39, 0.29) is 16.8 Å². The summed E-state index contributed by atoms with van der Waals surface area (Å²) in [4.78, 5) is 26.6. The topological polar surface area (TPSA) is 128 Å². The molecular weight excluding hydrogens is 500 g/mol. The molecule has 0 spiro atoms. The number of aromatic nitrogens is 4. The largest absolute Gasteiger partial charge is 0.497 e. The molecule has 5 rings (SSSR count). The lowest BCUT2D eigenvalue weighted by Gasteiger charge is -2.08. The van der Waals surface area contributed by atoms with Gasteiger partial charge in [-0.1, -0.05) is 11.3 Å². The van der Waals surface area contributed by atoms with Gasteiger partial charge in [0.2, 0.25) is 5.95 Å². The van der Waals surface area contributed by atoms with Crippen molar-refractivity contribution < 1.29 is 17.9 Å². The number of anilines is 2. The van der Waals surface area contributed by atoms with Crippen molar-refractivity contribution in [1.29, 1.82) is 0 Å².